The molecule has 2 rings (SSSR count). The Balaban J connectivity index is 0.00000112. The van der Waals surface area contributed by atoms with Gasteiger partial charge in [-0.25, -0.2) is 0 Å². The Bertz CT molecular complexity index is 277. The molecule has 5 nitrogen and oxygen atoms in total. The number of hydrogen-bond donors (Lipinski definition) is 2. The summed E-state index contributed by atoms with van der Waals surface area (Å²) in [5.41, 5.74) is 5.09. The Morgan fingerprint density at radius 1 is 1.53 bits per heavy atom. The number of nitrogens with one attached hydrogen (secondary N) is 1. The van der Waals surface area contributed by atoms with Crippen molar-refractivity contribution in [3.63, 3.8) is 0 Å². The van der Waals surface area contributed by atoms with Crippen molar-refractivity contribution in [1.29, 1.82) is 0 Å². The van der Waals surface area contributed by atoms with E-state index in [4.69, 9.17) is 15.2 Å². The van der Waals surface area contributed by atoms with Crippen LogP contribution in [0, 0.1) is 0 Å². The maximum atomic E-state index is 11.4. The predicted octanol–water partition coefficient (Wildman–Crippen LogP) is -0.0961. The van der Waals surface area contributed by atoms with Crippen LogP contribution in [0.5, 0.6) is 0 Å². The van der Waals surface area contributed by atoms with E-state index in [9.17, 15) is 4.79 Å². The lowest BCUT2D eigenvalue weighted by Gasteiger charge is -2.16. The van der Waals surface area contributed by atoms with E-state index >= 15 is 0 Å². The van der Waals surface area contributed by atoms with Crippen molar-refractivity contribution in [2.24, 2.45) is 5.73 Å². The third kappa shape index (κ3) is 3.00. The summed E-state index contributed by atoms with van der Waals surface area (Å²) < 4.78 is 10.3. The van der Waals surface area contributed by atoms with Gasteiger partial charge in [0.2, 0.25) is 5.91 Å². The maximum Gasteiger partial charge on any atom is 0.240 e. The topological polar surface area (TPSA) is 73.6 Å². The zero-order valence-electron chi connectivity index (χ0n) is 8.32. The van der Waals surface area contributed by atoms with Crippen molar-refractivity contribution in [2.75, 3.05) is 19.8 Å². The Kier molecular flexibility index (Phi) is 3.82. The summed E-state index contributed by atoms with van der Waals surface area (Å²) >= 11 is 0. The van der Waals surface area contributed by atoms with Crippen molar-refractivity contribution >= 4 is 18.3 Å². The number of hydrogen-bond acceptors (Lipinski definition) is 4. The summed E-state index contributed by atoms with van der Waals surface area (Å²) in [6, 6.07) is 0. The number of amides is 1. The number of ether oxygens (including phenoxy) is 2. The summed E-state index contributed by atoms with van der Waals surface area (Å²) in [6.07, 6.45) is 3.07. The first-order chi connectivity index (χ1) is 6.71. The summed E-state index contributed by atoms with van der Waals surface area (Å²) in [7, 11) is 0. The Hall–Kier alpha value is -0.940. The van der Waals surface area contributed by atoms with Gasteiger partial charge in [0.15, 0.2) is 0 Å². The van der Waals surface area contributed by atoms with Crippen LogP contribution in [0.15, 0.2) is 12.0 Å². The molecular weight excluding hydrogens is 220 g/mol. The average molecular weight is 235 g/mol. The molecule has 15 heavy (non-hydrogen) atoms. The fraction of sp³-hybridized carbons (Fsp3) is 0.667. The van der Waals surface area contributed by atoms with Gasteiger partial charge in [-0.3, -0.25) is 4.79 Å². The molecule has 0 atom stereocenters. The van der Waals surface area contributed by atoms with E-state index in [0.717, 1.165) is 12.8 Å². The van der Waals surface area contributed by atoms with E-state index in [0.29, 0.717) is 25.5 Å². The standard InChI is InChI=1S/C9H14N2O3.ClH/c10-9(1-2-9)8(12)11-5-7-6-13-3-4-14-7;/h6H,1-5,10H2,(H,11,12);1H. The van der Waals surface area contributed by atoms with Gasteiger partial charge in [-0.1, -0.05) is 0 Å². The summed E-state index contributed by atoms with van der Waals surface area (Å²) in [5.74, 6) is 0.543. The third-order valence-electron chi connectivity index (χ3n) is 2.37. The molecule has 0 saturated heterocycles. The average Bonchev–Trinajstić information content (AvgIpc) is 2.96. The van der Waals surface area contributed by atoms with E-state index in [1.807, 2.05) is 0 Å². The molecule has 1 aliphatic heterocycles. The van der Waals surface area contributed by atoms with Crippen molar-refractivity contribution in [3.8, 4) is 0 Å². The molecule has 0 aromatic carbocycles. The fourth-order valence-electron chi connectivity index (χ4n) is 1.20. The van der Waals surface area contributed by atoms with Crippen LogP contribution >= 0.6 is 12.4 Å². The van der Waals surface area contributed by atoms with Crippen LogP contribution in [-0.2, 0) is 14.3 Å². The van der Waals surface area contributed by atoms with Gasteiger partial charge >= 0.3 is 0 Å². The molecule has 1 heterocycles. The molecule has 0 aromatic heterocycles. The summed E-state index contributed by atoms with van der Waals surface area (Å²) in [6.45, 7) is 1.46. The molecule has 86 valence electrons. The zero-order chi connectivity index (χ0) is 10.0. The molecule has 0 spiro atoms. The molecule has 0 unspecified atom stereocenters. The highest BCUT2D eigenvalue weighted by molar-refractivity contribution is 5.89. The van der Waals surface area contributed by atoms with Gasteiger partial charge in [-0.05, 0) is 12.8 Å². The molecule has 1 aliphatic carbocycles. The highest BCUT2D eigenvalue weighted by atomic mass is 35.5. The number of nitrogens with two attached hydrogens (primary N) is 1. The summed E-state index contributed by atoms with van der Waals surface area (Å²) in [4.78, 5) is 11.4. The van der Waals surface area contributed by atoms with Crippen LogP contribution in [-0.4, -0.2) is 31.2 Å². The molecule has 1 saturated carbocycles. The monoisotopic (exact) mass is 234 g/mol. The van der Waals surface area contributed by atoms with Gasteiger partial charge in [0, 0.05) is 0 Å². The first kappa shape index (κ1) is 12.1. The maximum absolute atomic E-state index is 11.4. The molecule has 2 aliphatic rings. The minimum Gasteiger partial charge on any atom is -0.494 e. The number of carbonyl (C=O) groups excluding carboxylic acids is 1. The Morgan fingerprint density at radius 3 is 2.80 bits per heavy atom. The molecule has 0 aromatic rings. The van der Waals surface area contributed by atoms with Gasteiger partial charge in [0.1, 0.15) is 25.2 Å². The van der Waals surface area contributed by atoms with Crippen LogP contribution in [0.25, 0.3) is 0 Å². The highest BCUT2D eigenvalue weighted by Gasteiger charge is 2.45. The van der Waals surface area contributed by atoms with Crippen molar-refractivity contribution < 1.29 is 14.3 Å². The molecular formula is C9H15ClN2O3. The first-order valence-corrected chi connectivity index (χ1v) is 4.71. The normalized spacial score (nSPS) is 21.3. The predicted molar refractivity (Wildman–Crippen MR) is 56.4 cm³/mol. The van der Waals surface area contributed by atoms with Crippen LogP contribution < -0.4 is 11.1 Å². The van der Waals surface area contributed by atoms with Crippen molar-refractivity contribution in [2.45, 2.75) is 18.4 Å². The second-order valence-corrected chi connectivity index (χ2v) is 3.64. The van der Waals surface area contributed by atoms with E-state index < -0.39 is 5.54 Å². The largest absolute Gasteiger partial charge is 0.494 e. The lowest BCUT2D eigenvalue weighted by Crippen LogP contribution is -2.43. The van der Waals surface area contributed by atoms with Gasteiger partial charge in [0.25, 0.3) is 0 Å². The highest BCUT2D eigenvalue weighted by Crippen LogP contribution is 2.32. The van der Waals surface area contributed by atoms with Crippen molar-refractivity contribution in [3.05, 3.63) is 12.0 Å². The van der Waals surface area contributed by atoms with Crippen molar-refractivity contribution in [1.82, 2.24) is 5.32 Å². The first-order valence-electron chi connectivity index (χ1n) is 4.71. The van der Waals surface area contributed by atoms with Gasteiger partial charge in [0.05, 0.1) is 12.1 Å². The van der Waals surface area contributed by atoms with Crippen LogP contribution in [0.3, 0.4) is 0 Å². The van der Waals surface area contributed by atoms with Crippen LogP contribution in [0.1, 0.15) is 12.8 Å². The molecule has 1 fully saturated rings. The van der Waals surface area contributed by atoms with Gasteiger partial charge < -0.3 is 20.5 Å². The number of halogens is 1. The quantitative estimate of drug-likeness (QED) is 0.716. The lowest BCUT2D eigenvalue weighted by molar-refractivity contribution is -0.123. The minimum atomic E-state index is -0.615. The molecule has 0 bridgehead atoms. The molecule has 0 radical (unpaired) electrons. The van der Waals surface area contributed by atoms with E-state index in [2.05, 4.69) is 5.32 Å². The Labute approximate surface area is 94.4 Å². The second kappa shape index (κ2) is 4.72. The third-order valence-corrected chi connectivity index (χ3v) is 2.37. The van der Waals surface area contributed by atoms with E-state index in [1.165, 1.54) is 6.26 Å². The molecule has 1 amide bonds. The fourth-order valence-corrected chi connectivity index (χ4v) is 1.20. The van der Waals surface area contributed by atoms with E-state index in [-0.39, 0.29) is 18.3 Å². The van der Waals surface area contributed by atoms with Crippen LogP contribution in [0.2, 0.25) is 0 Å². The Morgan fingerprint density at radius 2 is 2.27 bits per heavy atom. The smallest absolute Gasteiger partial charge is 0.240 e. The number of carbonyl (C=O) groups is 1. The lowest BCUT2D eigenvalue weighted by atomic mass is 10.3. The van der Waals surface area contributed by atoms with Crippen LogP contribution in [0.4, 0.5) is 0 Å². The number of rotatable bonds is 3. The minimum absolute atomic E-state index is 0. The van der Waals surface area contributed by atoms with Gasteiger partial charge in [-0.15, -0.1) is 12.4 Å². The van der Waals surface area contributed by atoms with Gasteiger partial charge in [-0.2, -0.15) is 0 Å². The summed E-state index contributed by atoms with van der Waals surface area (Å²) in [5, 5.41) is 2.72. The molecule has 6 heteroatoms. The zero-order valence-corrected chi connectivity index (χ0v) is 9.14. The second-order valence-electron chi connectivity index (χ2n) is 3.64. The molecule has 3 N–H and O–H groups in total. The SMILES string of the molecule is Cl.NC1(C(=O)NCC2=COCCO2)CC1. The van der Waals surface area contributed by atoms with E-state index in [1.54, 1.807) is 0 Å².